The highest BCUT2D eigenvalue weighted by molar-refractivity contribution is 7.98. The van der Waals surface area contributed by atoms with Crippen molar-refractivity contribution in [2.75, 3.05) is 7.11 Å². The number of hydrogen-bond acceptors (Lipinski definition) is 3. The monoisotopic (exact) mass is 305 g/mol. The van der Waals surface area contributed by atoms with Crippen LogP contribution in [-0.2, 0) is 28.2 Å². The van der Waals surface area contributed by atoms with E-state index in [1.54, 1.807) is 14.2 Å². The third kappa shape index (κ3) is 3.77. The van der Waals surface area contributed by atoms with Gasteiger partial charge in [-0.05, 0) is 38.6 Å². The Morgan fingerprint density at radius 1 is 1.48 bits per heavy atom. The van der Waals surface area contributed by atoms with Gasteiger partial charge in [0.05, 0.1) is 12.3 Å². The molecule has 0 aromatic heterocycles. The van der Waals surface area contributed by atoms with Crippen LogP contribution in [0.2, 0.25) is 0 Å². The summed E-state index contributed by atoms with van der Waals surface area (Å²) in [4.78, 5) is 0. The van der Waals surface area contributed by atoms with E-state index in [-0.39, 0.29) is 0 Å². The molecule has 114 valence electrons. The van der Waals surface area contributed by atoms with Crippen LogP contribution in [-0.4, -0.2) is 18.4 Å². The average molecular weight is 305 g/mol. The van der Waals surface area contributed by atoms with Crippen LogP contribution in [0, 0.1) is 0 Å². The van der Waals surface area contributed by atoms with E-state index in [0.29, 0.717) is 18.4 Å². The van der Waals surface area contributed by atoms with Gasteiger partial charge < -0.3 is 4.74 Å². The van der Waals surface area contributed by atoms with Crippen LogP contribution in [0.3, 0.4) is 0 Å². The molecule has 0 saturated heterocycles. The molecule has 0 aliphatic heterocycles. The average Bonchev–Trinajstić information content (AvgIpc) is 2.38. The fourth-order valence-corrected chi connectivity index (χ4v) is 3.52. The molecule has 3 nitrogen and oxygen atoms in total. The van der Waals surface area contributed by atoms with Crippen LogP contribution in [0.1, 0.15) is 54.9 Å². The number of ether oxygens (including phenoxy) is 1. The Labute approximate surface area is 130 Å². The zero-order valence-electron chi connectivity index (χ0n) is 13.5. The molecule has 2 rings (SSSR count). The van der Waals surface area contributed by atoms with Crippen LogP contribution in [0.4, 0.5) is 0 Å². The van der Waals surface area contributed by atoms with Crippen molar-refractivity contribution in [3.8, 4) is 0 Å². The SMILES string of the molecule is B[SH](=O)=NC1=CC(C)c2cc(COC)cc(C(C)C)c2C1. The minimum Gasteiger partial charge on any atom is -0.380 e. The molecule has 1 aromatic rings. The molecule has 2 atom stereocenters. The first-order valence-corrected chi connectivity index (χ1v) is 9.06. The van der Waals surface area contributed by atoms with Crippen molar-refractivity contribution in [1.82, 2.24) is 0 Å². The van der Waals surface area contributed by atoms with E-state index >= 15 is 0 Å². The molecule has 0 radical (unpaired) electrons. The van der Waals surface area contributed by atoms with Gasteiger partial charge in [-0.25, -0.2) is 4.36 Å². The van der Waals surface area contributed by atoms with Crippen molar-refractivity contribution in [1.29, 1.82) is 0 Å². The molecule has 1 aliphatic carbocycles. The molecule has 0 bridgehead atoms. The van der Waals surface area contributed by atoms with Crippen molar-refractivity contribution in [2.24, 2.45) is 4.36 Å². The summed E-state index contributed by atoms with van der Waals surface area (Å²) in [6.45, 7) is 7.25. The van der Waals surface area contributed by atoms with Gasteiger partial charge in [-0.2, -0.15) is 0 Å². The molecule has 5 heteroatoms. The number of hydrogen-bond donors (Lipinski definition) is 1. The van der Waals surface area contributed by atoms with E-state index in [1.165, 1.54) is 22.3 Å². The molecule has 0 amide bonds. The van der Waals surface area contributed by atoms with E-state index in [9.17, 15) is 4.21 Å². The Morgan fingerprint density at radius 2 is 2.19 bits per heavy atom. The fourth-order valence-electron chi connectivity index (χ4n) is 3.03. The predicted octanol–water partition coefficient (Wildman–Crippen LogP) is 2.71. The van der Waals surface area contributed by atoms with Gasteiger partial charge >= 0.3 is 0 Å². The zero-order chi connectivity index (χ0) is 15.6. The van der Waals surface area contributed by atoms with E-state index in [1.807, 2.05) is 0 Å². The Kier molecular flexibility index (Phi) is 5.28. The second-order valence-corrected chi connectivity index (χ2v) is 7.16. The fraction of sp³-hybridized carbons (Fsp3) is 0.500. The third-order valence-corrected chi connectivity index (χ3v) is 4.41. The lowest BCUT2D eigenvalue weighted by molar-refractivity contribution is 0.184. The van der Waals surface area contributed by atoms with Gasteiger partial charge in [0.1, 0.15) is 0 Å². The number of benzene rings is 1. The van der Waals surface area contributed by atoms with Crippen molar-refractivity contribution in [3.05, 3.63) is 46.2 Å². The molecule has 0 saturated carbocycles. The van der Waals surface area contributed by atoms with Crippen molar-refractivity contribution < 1.29 is 8.95 Å². The lowest BCUT2D eigenvalue weighted by Crippen LogP contribution is -2.11. The molecule has 0 heterocycles. The van der Waals surface area contributed by atoms with Crippen LogP contribution >= 0.6 is 0 Å². The van der Waals surface area contributed by atoms with Gasteiger partial charge in [0.15, 0.2) is 0 Å². The normalized spacial score (nSPS) is 19.5. The topological polar surface area (TPSA) is 38.7 Å². The molecule has 1 aliphatic rings. The lowest BCUT2D eigenvalue weighted by Gasteiger charge is -2.26. The highest BCUT2D eigenvalue weighted by atomic mass is 32.2. The predicted molar refractivity (Wildman–Crippen MR) is 92.0 cm³/mol. The number of methoxy groups -OCH3 is 1. The quantitative estimate of drug-likeness (QED) is 0.686. The lowest BCUT2D eigenvalue weighted by atomic mass is 9.81. The molecule has 1 aromatic carbocycles. The molecule has 0 fully saturated rings. The summed E-state index contributed by atoms with van der Waals surface area (Å²) in [5.41, 5.74) is 6.26. The molecule has 0 spiro atoms. The van der Waals surface area contributed by atoms with Crippen molar-refractivity contribution in [2.45, 2.75) is 45.6 Å². The van der Waals surface area contributed by atoms with Gasteiger partial charge in [-0.1, -0.05) is 39.0 Å². The highest BCUT2D eigenvalue weighted by Crippen LogP contribution is 2.36. The number of nitrogens with zero attached hydrogens (tertiary/aromatic N) is 1. The first-order valence-electron chi connectivity index (χ1n) is 7.40. The van der Waals surface area contributed by atoms with Crippen molar-refractivity contribution in [3.63, 3.8) is 0 Å². The Balaban J connectivity index is 2.53. The minimum absolute atomic E-state index is 0.303. The molecular weight excluding hydrogens is 281 g/mol. The molecule has 2 unspecified atom stereocenters. The maximum atomic E-state index is 11.4. The minimum atomic E-state index is -1.48. The largest absolute Gasteiger partial charge is 0.380 e. The number of thiol groups is 1. The number of allylic oxidation sites excluding steroid dienone is 2. The summed E-state index contributed by atoms with van der Waals surface area (Å²) in [7, 11) is 1.90. The Bertz CT molecular complexity index is 646. The summed E-state index contributed by atoms with van der Waals surface area (Å²) in [6, 6.07) is 4.49. The first-order chi connectivity index (χ1) is 9.92. The van der Waals surface area contributed by atoms with Crippen LogP contribution < -0.4 is 0 Å². The summed E-state index contributed by atoms with van der Waals surface area (Å²) < 4.78 is 21.0. The Morgan fingerprint density at radius 3 is 2.76 bits per heavy atom. The number of rotatable bonds is 4. The standard InChI is InChI=1S/C16H24BNO2S/c1-10(2)14-6-12(9-20-4)7-15-11(3)5-13(8-16(14)15)18-21(17)19/h5-7,10-11,21H,8-9,17H2,1-4H3. The maximum Gasteiger partial charge on any atom is 0.226 e. The Hall–Kier alpha value is -1.07. The van der Waals surface area contributed by atoms with Gasteiger partial charge in [0, 0.05) is 19.4 Å². The first kappa shape index (κ1) is 16.3. The van der Waals surface area contributed by atoms with Gasteiger partial charge in [0.25, 0.3) is 0 Å². The van der Waals surface area contributed by atoms with E-state index in [4.69, 9.17) is 4.74 Å². The maximum absolute atomic E-state index is 11.4. The highest BCUT2D eigenvalue weighted by Gasteiger charge is 2.22. The van der Waals surface area contributed by atoms with E-state index < -0.39 is 10.4 Å². The van der Waals surface area contributed by atoms with Crippen LogP contribution in [0.25, 0.3) is 0 Å². The van der Waals surface area contributed by atoms with Gasteiger partial charge in [-0.15, -0.1) is 0 Å². The van der Waals surface area contributed by atoms with Crippen LogP contribution in [0.5, 0.6) is 0 Å². The van der Waals surface area contributed by atoms with Gasteiger partial charge in [-0.3, -0.25) is 4.21 Å². The molecule has 0 N–H and O–H groups in total. The smallest absolute Gasteiger partial charge is 0.226 e. The summed E-state index contributed by atoms with van der Waals surface area (Å²) in [6.07, 6.45) is 2.93. The van der Waals surface area contributed by atoms with E-state index in [0.717, 1.165) is 12.1 Å². The third-order valence-electron chi connectivity index (χ3n) is 3.87. The van der Waals surface area contributed by atoms with Crippen LogP contribution in [0.15, 0.2) is 28.3 Å². The second kappa shape index (κ2) is 6.80. The number of fused-ring (bicyclic) bond motifs is 1. The molecule has 21 heavy (non-hydrogen) atoms. The van der Waals surface area contributed by atoms with Crippen molar-refractivity contribution >= 4 is 17.6 Å². The molecular formula is C16H24BNO2S. The summed E-state index contributed by atoms with van der Waals surface area (Å²) in [5, 5.41) is 0. The zero-order valence-corrected chi connectivity index (χ0v) is 14.4. The van der Waals surface area contributed by atoms with E-state index in [2.05, 4.69) is 43.3 Å². The second-order valence-electron chi connectivity index (χ2n) is 6.03. The summed E-state index contributed by atoms with van der Waals surface area (Å²) in [5.74, 6) is 0.759. The summed E-state index contributed by atoms with van der Waals surface area (Å²) >= 11 is 0. The van der Waals surface area contributed by atoms with Gasteiger partial charge in [0.2, 0.25) is 7.12 Å².